The van der Waals surface area contributed by atoms with E-state index in [1.54, 1.807) is 24.4 Å². The van der Waals surface area contributed by atoms with Crippen molar-refractivity contribution in [3.05, 3.63) is 61.6 Å². The molecule has 0 saturated heterocycles. The number of anilines is 1. The Kier molecular flexibility index (Phi) is 7.67. The van der Waals surface area contributed by atoms with Crippen LogP contribution >= 0.6 is 45.8 Å². The molecule has 0 bridgehead atoms. The van der Waals surface area contributed by atoms with Crippen LogP contribution < -0.4 is 10.7 Å². The molecule has 25 heavy (non-hydrogen) atoms. The van der Waals surface area contributed by atoms with Gasteiger partial charge in [-0.05, 0) is 58.5 Å². The fourth-order valence-corrected chi connectivity index (χ4v) is 2.51. The molecule has 2 amide bonds. The average Bonchev–Trinajstić information content (AvgIpc) is 2.58. The number of rotatable bonds is 6. The topological polar surface area (TPSA) is 70.6 Å². The van der Waals surface area contributed by atoms with Crippen LogP contribution in [0.1, 0.15) is 18.4 Å². The molecule has 8 heteroatoms. The first-order chi connectivity index (χ1) is 11.9. The van der Waals surface area contributed by atoms with Crippen LogP contribution in [-0.4, -0.2) is 18.0 Å². The van der Waals surface area contributed by atoms with E-state index in [1.807, 2.05) is 24.3 Å². The predicted molar refractivity (Wildman–Crippen MR) is 109 cm³/mol. The zero-order valence-corrected chi connectivity index (χ0v) is 16.6. The van der Waals surface area contributed by atoms with Crippen molar-refractivity contribution in [3.63, 3.8) is 0 Å². The predicted octanol–water partition coefficient (Wildman–Crippen LogP) is 4.47. The number of benzene rings is 2. The van der Waals surface area contributed by atoms with E-state index in [2.05, 4.69) is 38.4 Å². The van der Waals surface area contributed by atoms with Crippen molar-refractivity contribution in [2.24, 2.45) is 5.10 Å². The third-order valence-corrected chi connectivity index (χ3v) is 4.34. The van der Waals surface area contributed by atoms with Crippen LogP contribution in [0.15, 0.2) is 47.6 Å². The summed E-state index contributed by atoms with van der Waals surface area (Å²) in [5.41, 5.74) is 3.67. The van der Waals surface area contributed by atoms with Crippen LogP contribution in [0.25, 0.3) is 0 Å². The Balaban J connectivity index is 1.76. The van der Waals surface area contributed by atoms with E-state index in [1.165, 1.54) is 0 Å². The summed E-state index contributed by atoms with van der Waals surface area (Å²) in [7, 11) is 0. The molecule has 0 unspecified atom stereocenters. The number of hydrogen-bond donors (Lipinski definition) is 2. The van der Waals surface area contributed by atoms with Gasteiger partial charge in [0.2, 0.25) is 11.8 Å². The van der Waals surface area contributed by atoms with Gasteiger partial charge in [-0.2, -0.15) is 5.10 Å². The number of nitrogens with zero attached hydrogens (tertiary/aromatic N) is 1. The molecule has 0 aromatic heterocycles. The van der Waals surface area contributed by atoms with Gasteiger partial charge in [0, 0.05) is 21.4 Å². The highest BCUT2D eigenvalue weighted by molar-refractivity contribution is 14.1. The number of nitrogens with one attached hydrogen (secondary N) is 2. The Bertz CT molecular complexity index is 795. The van der Waals surface area contributed by atoms with Crippen LogP contribution in [0, 0.1) is 3.57 Å². The maximum absolute atomic E-state index is 11.9. The molecule has 0 aliphatic heterocycles. The highest BCUT2D eigenvalue weighted by Crippen LogP contribution is 2.25. The molecule has 0 saturated carbocycles. The molecule has 0 aliphatic carbocycles. The molecule has 0 radical (unpaired) electrons. The van der Waals surface area contributed by atoms with E-state index < -0.39 is 0 Å². The molecule has 0 atom stereocenters. The summed E-state index contributed by atoms with van der Waals surface area (Å²) < 4.78 is 1.12. The van der Waals surface area contributed by atoms with Gasteiger partial charge in [0.1, 0.15) is 0 Å². The van der Waals surface area contributed by atoms with Crippen molar-refractivity contribution >= 4 is 69.5 Å². The highest BCUT2D eigenvalue weighted by atomic mass is 127. The second-order valence-electron chi connectivity index (χ2n) is 5.02. The number of carbonyl (C=O) groups excluding carboxylic acids is 2. The van der Waals surface area contributed by atoms with Crippen molar-refractivity contribution in [1.82, 2.24) is 5.43 Å². The first-order valence-electron chi connectivity index (χ1n) is 7.26. The molecule has 0 aliphatic rings. The highest BCUT2D eigenvalue weighted by Gasteiger charge is 2.09. The zero-order valence-electron chi connectivity index (χ0n) is 12.9. The third-order valence-electron chi connectivity index (χ3n) is 3.05. The quantitative estimate of drug-likeness (QED) is 0.357. The van der Waals surface area contributed by atoms with E-state index in [-0.39, 0.29) is 24.7 Å². The minimum atomic E-state index is -0.353. The molecule has 130 valence electrons. The molecule has 2 N–H and O–H groups in total. The Morgan fingerprint density at radius 3 is 2.44 bits per heavy atom. The third kappa shape index (κ3) is 7.01. The fourth-order valence-electron chi connectivity index (χ4n) is 1.82. The van der Waals surface area contributed by atoms with Gasteiger partial charge in [-0.3, -0.25) is 9.59 Å². The second-order valence-corrected chi connectivity index (χ2v) is 7.11. The maximum Gasteiger partial charge on any atom is 0.240 e. The summed E-state index contributed by atoms with van der Waals surface area (Å²) in [5, 5.41) is 7.32. The molecule has 0 spiro atoms. The summed E-state index contributed by atoms with van der Waals surface area (Å²) in [4.78, 5) is 23.6. The Morgan fingerprint density at radius 2 is 1.72 bits per heavy atom. The van der Waals surface area contributed by atoms with Crippen LogP contribution in [0.4, 0.5) is 5.69 Å². The molecule has 2 aromatic carbocycles. The lowest BCUT2D eigenvalue weighted by molar-refractivity contribution is -0.124. The second kappa shape index (κ2) is 9.74. The van der Waals surface area contributed by atoms with Crippen molar-refractivity contribution in [2.45, 2.75) is 12.8 Å². The summed E-state index contributed by atoms with van der Waals surface area (Å²) in [6, 6.07) is 12.4. The van der Waals surface area contributed by atoms with Crippen molar-refractivity contribution in [2.75, 3.05) is 5.32 Å². The van der Waals surface area contributed by atoms with Gasteiger partial charge in [0.25, 0.3) is 0 Å². The lowest BCUT2D eigenvalue weighted by Gasteiger charge is -2.07. The SMILES string of the molecule is O=C(CCC(=O)Nc1cc(Cl)ccc1Cl)N/N=C/c1ccc(I)cc1. The standard InChI is InChI=1S/C17H14Cl2IN3O2/c18-12-3-6-14(19)15(9-12)22-16(24)7-8-17(25)23-21-10-11-1-4-13(20)5-2-11/h1-6,9-10H,7-8H2,(H,22,24)(H,23,25)/b21-10+. The molecule has 2 rings (SSSR count). The van der Waals surface area contributed by atoms with Gasteiger partial charge < -0.3 is 5.32 Å². The number of amides is 2. The Morgan fingerprint density at radius 1 is 1.04 bits per heavy atom. The molecule has 2 aromatic rings. The van der Waals surface area contributed by atoms with E-state index in [0.717, 1.165) is 9.13 Å². The average molecular weight is 490 g/mol. The molecule has 0 fully saturated rings. The van der Waals surface area contributed by atoms with Crippen LogP contribution in [0.2, 0.25) is 10.0 Å². The summed E-state index contributed by atoms with van der Waals surface area (Å²) in [5.74, 6) is -0.685. The monoisotopic (exact) mass is 489 g/mol. The maximum atomic E-state index is 11.9. The zero-order chi connectivity index (χ0) is 18.2. The van der Waals surface area contributed by atoms with Crippen LogP contribution in [-0.2, 0) is 9.59 Å². The summed E-state index contributed by atoms with van der Waals surface area (Å²) >= 11 is 14.0. The van der Waals surface area contributed by atoms with Crippen molar-refractivity contribution in [3.8, 4) is 0 Å². The molecular weight excluding hydrogens is 476 g/mol. The fraction of sp³-hybridized carbons (Fsp3) is 0.118. The van der Waals surface area contributed by atoms with E-state index >= 15 is 0 Å². The lowest BCUT2D eigenvalue weighted by Crippen LogP contribution is -2.20. The number of hydrogen-bond acceptors (Lipinski definition) is 3. The largest absolute Gasteiger partial charge is 0.325 e. The van der Waals surface area contributed by atoms with Crippen LogP contribution in [0.3, 0.4) is 0 Å². The summed E-state index contributed by atoms with van der Waals surface area (Å²) in [6.45, 7) is 0. The van der Waals surface area contributed by atoms with Gasteiger partial charge in [0.15, 0.2) is 0 Å². The minimum absolute atomic E-state index is 0.00767. The van der Waals surface area contributed by atoms with E-state index in [9.17, 15) is 9.59 Å². The Labute approximate surface area is 168 Å². The number of carbonyl (C=O) groups is 2. The summed E-state index contributed by atoms with van der Waals surface area (Å²) in [6.07, 6.45) is 1.56. The first-order valence-corrected chi connectivity index (χ1v) is 9.10. The number of halogens is 3. The van der Waals surface area contributed by atoms with Crippen LogP contribution in [0.5, 0.6) is 0 Å². The van der Waals surface area contributed by atoms with E-state index in [4.69, 9.17) is 23.2 Å². The van der Waals surface area contributed by atoms with Gasteiger partial charge in [-0.25, -0.2) is 5.43 Å². The van der Waals surface area contributed by atoms with Gasteiger partial charge in [0.05, 0.1) is 16.9 Å². The van der Waals surface area contributed by atoms with E-state index in [0.29, 0.717) is 15.7 Å². The lowest BCUT2D eigenvalue weighted by atomic mass is 10.2. The van der Waals surface area contributed by atoms with Gasteiger partial charge in [-0.1, -0.05) is 35.3 Å². The van der Waals surface area contributed by atoms with Gasteiger partial charge >= 0.3 is 0 Å². The van der Waals surface area contributed by atoms with Crippen molar-refractivity contribution < 1.29 is 9.59 Å². The first kappa shape index (κ1) is 19.7. The molecule has 5 nitrogen and oxygen atoms in total. The molecular formula is C17H14Cl2IN3O2. The number of hydrazone groups is 1. The molecule has 0 heterocycles. The minimum Gasteiger partial charge on any atom is -0.325 e. The Hall–Kier alpha value is -1.64. The van der Waals surface area contributed by atoms with Gasteiger partial charge in [-0.15, -0.1) is 0 Å². The van der Waals surface area contributed by atoms with Crippen molar-refractivity contribution in [1.29, 1.82) is 0 Å². The smallest absolute Gasteiger partial charge is 0.240 e. The normalized spacial score (nSPS) is 10.7.